The van der Waals surface area contributed by atoms with Gasteiger partial charge in [0.2, 0.25) is 0 Å². The zero-order chi connectivity index (χ0) is 28.1. The lowest BCUT2D eigenvalue weighted by atomic mass is 9.95. The van der Waals surface area contributed by atoms with Gasteiger partial charge in [0, 0.05) is 10.5 Å². The molecule has 0 aliphatic carbocycles. The second-order valence-electron chi connectivity index (χ2n) is 9.77. The summed E-state index contributed by atoms with van der Waals surface area (Å²) < 4.78 is 32.3. The minimum Gasteiger partial charge on any atom is -0.374 e. The van der Waals surface area contributed by atoms with Crippen LogP contribution in [-0.2, 0) is 43.5 Å². The van der Waals surface area contributed by atoms with Gasteiger partial charge in [-0.1, -0.05) is 103 Å². The van der Waals surface area contributed by atoms with Gasteiger partial charge < -0.3 is 23.7 Å². The predicted molar refractivity (Wildman–Crippen MR) is 163 cm³/mol. The van der Waals surface area contributed by atoms with Crippen molar-refractivity contribution in [1.29, 1.82) is 0 Å². The van der Waals surface area contributed by atoms with Crippen molar-refractivity contribution < 1.29 is 23.7 Å². The van der Waals surface area contributed by atoms with Crippen molar-refractivity contribution >= 4 is 17.4 Å². The molecular weight excluding hydrogens is 532 g/mol. The molecule has 6 heteroatoms. The van der Waals surface area contributed by atoms with Crippen LogP contribution in [0.1, 0.15) is 21.6 Å². The fraction of sp³-hybridized carbons (Fsp3) is 0.257. The van der Waals surface area contributed by atoms with Gasteiger partial charge in [-0.15, -0.1) is 17.9 Å². The van der Waals surface area contributed by atoms with Crippen LogP contribution in [0.15, 0.2) is 127 Å². The standard InChI is InChI=1S/C35H36O5S/c1-2-20-37-35-31(22-30-19-12-21-41-30)33(38-24-28-15-8-4-9-16-28)34(39-25-29-17-10-5-11-18-29)32(40-35)26-36-23-27-13-6-3-7-14-27/h2-19,21-22,32-35H,1,20,23-26H2/b31-22+/t32-,33-,34-,35+/m1/s1. The van der Waals surface area contributed by atoms with Gasteiger partial charge in [0.15, 0.2) is 6.29 Å². The Bertz CT molecular complexity index is 1330. The molecule has 0 bridgehead atoms. The van der Waals surface area contributed by atoms with Crippen LogP contribution in [0.3, 0.4) is 0 Å². The molecule has 1 aliphatic rings. The highest BCUT2D eigenvalue weighted by Crippen LogP contribution is 2.34. The summed E-state index contributed by atoms with van der Waals surface area (Å²) >= 11 is 1.65. The van der Waals surface area contributed by atoms with Gasteiger partial charge in [-0.3, -0.25) is 0 Å². The van der Waals surface area contributed by atoms with Gasteiger partial charge >= 0.3 is 0 Å². The van der Waals surface area contributed by atoms with E-state index in [0.29, 0.717) is 33.0 Å². The topological polar surface area (TPSA) is 46.2 Å². The minimum absolute atomic E-state index is 0.319. The van der Waals surface area contributed by atoms with E-state index in [4.69, 9.17) is 23.7 Å². The van der Waals surface area contributed by atoms with E-state index in [1.54, 1.807) is 17.4 Å². The lowest BCUT2D eigenvalue weighted by Crippen LogP contribution is -2.54. The second kappa shape index (κ2) is 15.6. The van der Waals surface area contributed by atoms with Gasteiger partial charge in [0.1, 0.15) is 18.3 Å². The van der Waals surface area contributed by atoms with Gasteiger partial charge in [-0.2, -0.15) is 0 Å². The lowest BCUT2D eigenvalue weighted by molar-refractivity contribution is -0.246. The molecule has 212 valence electrons. The van der Waals surface area contributed by atoms with E-state index < -0.39 is 24.6 Å². The molecule has 4 aromatic rings. The summed E-state index contributed by atoms with van der Waals surface area (Å²) in [6.07, 6.45) is 1.88. The Morgan fingerprint density at radius 3 is 1.90 bits per heavy atom. The summed E-state index contributed by atoms with van der Waals surface area (Å²) in [5.74, 6) is 0. The van der Waals surface area contributed by atoms with Crippen molar-refractivity contribution in [3.8, 4) is 0 Å². The molecule has 2 heterocycles. The van der Waals surface area contributed by atoms with Crippen LogP contribution in [0.25, 0.3) is 6.08 Å². The number of ether oxygens (including phenoxy) is 5. The lowest BCUT2D eigenvalue weighted by Gasteiger charge is -2.43. The van der Waals surface area contributed by atoms with Gasteiger partial charge in [0.05, 0.1) is 33.0 Å². The van der Waals surface area contributed by atoms with Crippen LogP contribution < -0.4 is 0 Å². The quantitative estimate of drug-likeness (QED) is 0.148. The van der Waals surface area contributed by atoms with Crippen molar-refractivity contribution in [2.24, 2.45) is 0 Å². The third kappa shape index (κ3) is 8.57. The average molecular weight is 569 g/mol. The molecule has 1 fully saturated rings. The number of hydrogen-bond donors (Lipinski definition) is 0. The maximum absolute atomic E-state index is 6.71. The first-order chi connectivity index (χ1) is 20.3. The first-order valence-electron chi connectivity index (χ1n) is 13.9. The maximum atomic E-state index is 6.71. The Morgan fingerprint density at radius 2 is 1.32 bits per heavy atom. The van der Waals surface area contributed by atoms with E-state index in [2.05, 4.69) is 60.5 Å². The minimum atomic E-state index is -0.641. The predicted octanol–water partition coefficient (Wildman–Crippen LogP) is 7.45. The van der Waals surface area contributed by atoms with E-state index in [1.807, 2.05) is 60.7 Å². The number of thiophene rings is 1. The fourth-order valence-electron chi connectivity index (χ4n) is 4.73. The smallest absolute Gasteiger partial charge is 0.183 e. The van der Waals surface area contributed by atoms with E-state index >= 15 is 0 Å². The number of hydrogen-bond acceptors (Lipinski definition) is 6. The molecule has 5 rings (SSSR count). The molecule has 0 saturated carbocycles. The van der Waals surface area contributed by atoms with Crippen molar-refractivity contribution in [3.05, 3.63) is 148 Å². The van der Waals surface area contributed by atoms with E-state index in [9.17, 15) is 0 Å². The molecule has 3 aromatic carbocycles. The molecule has 5 nitrogen and oxygen atoms in total. The first-order valence-corrected chi connectivity index (χ1v) is 14.7. The molecule has 0 N–H and O–H groups in total. The maximum Gasteiger partial charge on any atom is 0.183 e. The third-order valence-electron chi connectivity index (χ3n) is 6.73. The van der Waals surface area contributed by atoms with Crippen molar-refractivity contribution in [3.63, 3.8) is 0 Å². The van der Waals surface area contributed by atoms with E-state index in [0.717, 1.165) is 27.1 Å². The molecule has 0 unspecified atom stereocenters. The fourth-order valence-corrected chi connectivity index (χ4v) is 5.40. The molecule has 1 saturated heterocycles. The Kier molecular flexibility index (Phi) is 11.1. The zero-order valence-corrected chi connectivity index (χ0v) is 23.9. The molecule has 0 radical (unpaired) electrons. The number of benzene rings is 3. The Hall–Kier alpha value is -3.36. The van der Waals surface area contributed by atoms with Crippen LogP contribution in [0, 0.1) is 0 Å². The van der Waals surface area contributed by atoms with Crippen LogP contribution in [-0.4, -0.2) is 37.8 Å². The van der Waals surface area contributed by atoms with Crippen LogP contribution >= 0.6 is 11.3 Å². The Labute approximate surface area is 246 Å². The summed E-state index contributed by atoms with van der Waals surface area (Å²) in [6.45, 7) is 5.81. The Morgan fingerprint density at radius 1 is 0.707 bits per heavy atom. The van der Waals surface area contributed by atoms with Crippen molar-refractivity contribution in [2.45, 2.75) is 44.4 Å². The normalized spacial score (nSPS) is 21.6. The highest BCUT2D eigenvalue weighted by Gasteiger charge is 2.44. The molecule has 4 atom stereocenters. The summed E-state index contributed by atoms with van der Waals surface area (Å²) in [4.78, 5) is 1.09. The molecule has 41 heavy (non-hydrogen) atoms. The van der Waals surface area contributed by atoms with Gasteiger partial charge in [-0.25, -0.2) is 0 Å². The van der Waals surface area contributed by atoms with Crippen LogP contribution in [0.5, 0.6) is 0 Å². The van der Waals surface area contributed by atoms with Crippen molar-refractivity contribution in [2.75, 3.05) is 13.2 Å². The summed E-state index contributed by atoms with van der Waals surface area (Å²) in [5.41, 5.74) is 4.13. The third-order valence-corrected chi connectivity index (χ3v) is 7.55. The highest BCUT2D eigenvalue weighted by molar-refractivity contribution is 7.10. The van der Waals surface area contributed by atoms with Crippen LogP contribution in [0.4, 0.5) is 0 Å². The number of rotatable bonds is 14. The van der Waals surface area contributed by atoms with Gasteiger partial charge in [0.25, 0.3) is 0 Å². The summed E-state index contributed by atoms with van der Waals surface area (Å²) in [7, 11) is 0. The SMILES string of the molecule is C=CCO[C@H]1O[C@H](COCc2ccccc2)[C@@H](OCc2ccccc2)[C@H](OCc2ccccc2)/C1=C\c1cccs1. The molecule has 1 aliphatic heterocycles. The second-order valence-corrected chi connectivity index (χ2v) is 10.7. The zero-order valence-electron chi connectivity index (χ0n) is 23.0. The van der Waals surface area contributed by atoms with Crippen LogP contribution in [0.2, 0.25) is 0 Å². The molecule has 0 spiro atoms. The first kappa shape index (κ1) is 29.1. The monoisotopic (exact) mass is 568 g/mol. The van der Waals surface area contributed by atoms with Crippen molar-refractivity contribution in [1.82, 2.24) is 0 Å². The molecule has 1 aromatic heterocycles. The average Bonchev–Trinajstić information content (AvgIpc) is 3.54. The molecule has 0 amide bonds. The summed E-state index contributed by atoms with van der Waals surface area (Å²) in [5, 5.41) is 2.05. The Balaban J connectivity index is 1.45. The molecular formula is C35H36O5S. The summed E-state index contributed by atoms with van der Waals surface area (Å²) in [6, 6.07) is 34.5. The highest BCUT2D eigenvalue weighted by atomic mass is 32.1. The largest absolute Gasteiger partial charge is 0.374 e. The van der Waals surface area contributed by atoms with E-state index in [1.165, 1.54) is 0 Å². The van der Waals surface area contributed by atoms with E-state index in [-0.39, 0.29) is 0 Å². The van der Waals surface area contributed by atoms with Gasteiger partial charge in [-0.05, 0) is 34.2 Å².